The molecule has 0 radical (unpaired) electrons. The third kappa shape index (κ3) is 5.57. The molecule has 1 amide bonds. The Labute approximate surface area is 78.4 Å². The van der Waals surface area contributed by atoms with Crippen LogP contribution in [0.4, 0.5) is 0 Å². The molecule has 78 valence electrons. The molecule has 0 heterocycles. The van der Waals surface area contributed by atoms with E-state index in [1.54, 1.807) is 14.2 Å². The van der Waals surface area contributed by atoms with E-state index in [0.717, 1.165) is 6.42 Å². The van der Waals surface area contributed by atoms with Crippen LogP contribution in [0.25, 0.3) is 0 Å². The number of amides is 1. The second-order valence-corrected chi connectivity index (χ2v) is 2.84. The van der Waals surface area contributed by atoms with Crippen LogP contribution in [0.1, 0.15) is 19.3 Å². The van der Waals surface area contributed by atoms with Gasteiger partial charge >= 0.3 is 0 Å². The number of carbonyl (C=O) groups excluding carboxylic acids is 1. The minimum Gasteiger partial charge on any atom is -0.368 e. The number of nitrogens with two attached hydrogens (primary N) is 2. The molecule has 5 nitrogen and oxygen atoms in total. The van der Waals surface area contributed by atoms with Crippen molar-refractivity contribution in [1.29, 1.82) is 0 Å². The van der Waals surface area contributed by atoms with Gasteiger partial charge in [0.2, 0.25) is 5.91 Å². The first-order valence-electron chi connectivity index (χ1n) is 4.22. The SMILES string of the molecule is COC(CCC[C@H](N)C(N)=O)OC. The normalized spacial score (nSPS) is 13.2. The van der Waals surface area contributed by atoms with E-state index in [9.17, 15) is 4.79 Å². The van der Waals surface area contributed by atoms with Crippen LogP contribution in [0, 0.1) is 0 Å². The molecule has 0 saturated carbocycles. The number of hydrogen-bond donors (Lipinski definition) is 2. The van der Waals surface area contributed by atoms with Gasteiger partial charge < -0.3 is 20.9 Å². The van der Waals surface area contributed by atoms with Crippen molar-refractivity contribution in [3.8, 4) is 0 Å². The molecule has 0 bridgehead atoms. The van der Waals surface area contributed by atoms with Crippen LogP contribution in [-0.4, -0.2) is 32.5 Å². The number of methoxy groups -OCH3 is 2. The first-order chi connectivity index (χ1) is 6.11. The van der Waals surface area contributed by atoms with Crippen molar-refractivity contribution in [3.63, 3.8) is 0 Å². The van der Waals surface area contributed by atoms with Gasteiger partial charge in [-0.3, -0.25) is 4.79 Å². The average Bonchev–Trinajstić information content (AvgIpc) is 2.12. The highest BCUT2D eigenvalue weighted by Gasteiger charge is 2.10. The summed E-state index contributed by atoms with van der Waals surface area (Å²) in [4.78, 5) is 10.5. The maximum absolute atomic E-state index is 10.5. The van der Waals surface area contributed by atoms with Gasteiger partial charge in [0.05, 0.1) is 6.04 Å². The molecule has 0 spiro atoms. The predicted molar refractivity (Wildman–Crippen MR) is 48.8 cm³/mol. The van der Waals surface area contributed by atoms with Crippen LogP contribution in [0.5, 0.6) is 0 Å². The van der Waals surface area contributed by atoms with Crippen LogP contribution < -0.4 is 11.5 Å². The fraction of sp³-hybridized carbons (Fsp3) is 0.875. The highest BCUT2D eigenvalue weighted by molar-refractivity contribution is 5.79. The first-order valence-corrected chi connectivity index (χ1v) is 4.22. The maximum atomic E-state index is 10.5. The van der Waals surface area contributed by atoms with Gasteiger partial charge in [0.1, 0.15) is 0 Å². The second kappa shape index (κ2) is 6.82. The molecule has 0 saturated heterocycles. The van der Waals surface area contributed by atoms with Gasteiger partial charge in [-0.2, -0.15) is 0 Å². The van der Waals surface area contributed by atoms with E-state index in [1.165, 1.54) is 0 Å². The van der Waals surface area contributed by atoms with Crippen molar-refractivity contribution in [1.82, 2.24) is 0 Å². The summed E-state index contributed by atoms with van der Waals surface area (Å²) in [6.45, 7) is 0. The quantitative estimate of drug-likeness (QED) is 0.534. The summed E-state index contributed by atoms with van der Waals surface area (Å²) >= 11 is 0. The van der Waals surface area contributed by atoms with Crippen LogP contribution in [-0.2, 0) is 14.3 Å². The predicted octanol–water partition coefficient (Wildman–Crippen LogP) is -0.412. The second-order valence-electron chi connectivity index (χ2n) is 2.84. The first kappa shape index (κ1) is 12.3. The van der Waals surface area contributed by atoms with Crippen molar-refractivity contribution < 1.29 is 14.3 Å². The molecule has 5 heteroatoms. The molecule has 4 N–H and O–H groups in total. The van der Waals surface area contributed by atoms with Gasteiger partial charge in [0.15, 0.2) is 6.29 Å². The van der Waals surface area contributed by atoms with Crippen molar-refractivity contribution in [2.45, 2.75) is 31.6 Å². The van der Waals surface area contributed by atoms with Crippen molar-refractivity contribution in [3.05, 3.63) is 0 Å². The molecule has 0 aliphatic carbocycles. The minimum atomic E-state index is -0.561. The van der Waals surface area contributed by atoms with Gasteiger partial charge in [-0.05, 0) is 19.3 Å². The molecule has 0 aromatic heterocycles. The lowest BCUT2D eigenvalue weighted by atomic mass is 10.1. The Balaban J connectivity index is 3.48. The zero-order chi connectivity index (χ0) is 10.3. The lowest BCUT2D eigenvalue weighted by Crippen LogP contribution is -2.36. The Bertz CT molecular complexity index is 148. The van der Waals surface area contributed by atoms with Gasteiger partial charge in [-0.25, -0.2) is 0 Å². The van der Waals surface area contributed by atoms with Crippen molar-refractivity contribution in [2.75, 3.05) is 14.2 Å². The topological polar surface area (TPSA) is 87.6 Å². The number of hydrogen-bond acceptors (Lipinski definition) is 4. The minimum absolute atomic E-state index is 0.222. The van der Waals surface area contributed by atoms with Gasteiger partial charge in [0.25, 0.3) is 0 Å². The molecular formula is C8H18N2O3. The lowest BCUT2D eigenvalue weighted by molar-refractivity contribution is -0.120. The maximum Gasteiger partial charge on any atom is 0.234 e. The van der Waals surface area contributed by atoms with Crippen molar-refractivity contribution in [2.24, 2.45) is 11.5 Å². The van der Waals surface area contributed by atoms with Crippen LogP contribution >= 0.6 is 0 Å². The summed E-state index contributed by atoms with van der Waals surface area (Å²) in [7, 11) is 3.14. The third-order valence-electron chi connectivity index (χ3n) is 1.85. The molecule has 13 heavy (non-hydrogen) atoms. The molecule has 1 atom stereocenters. The third-order valence-corrected chi connectivity index (χ3v) is 1.85. The summed E-state index contributed by atoms with van der Waals surface area (Å²) in [5.41, 5.74) is 10.4. The van der Waals surface area contributed by atoms with E-state index in [4.69, 9.17) is 20.9 Å². The average molecular weight is 190 g/mol. The Kier molecular flexibility index (Phi) is 6.48. The lowest BCUT2D eigenvalue weighted by Gasteiger charge is -2.13. The molecule has 0 aliphatic rings. The fourth-order valence-corrected chi connectivity index (χ4v) is 0.979. The molecule has 0 aromatic carbocycles. The van der Waals surface area contributed by atoms with Crippen molar-refractivity contribution >= 4 is 5.91 Å². The number of ether oxygens (including phenoxy) is 2. The van der Waals surface area contributed by atoms with Gasteiger partial charge in [-0.1, -0.05) is 0 Å². The molecule has 0 rings (SSSR count). The Hall–Kier alpha value is -0.650. The zero-order valence-corrected chi connectivity index (χ0v) is 8.16. The van der Waals surface area contributed by atoms with E-state index in [-0.39, 0.29) is 6.29 Å². The zero-order valence-electron chi connectivity index (χ0n) is 8.16. The van der Waals surface area contributed by atoms with E-state index in [2.05, 4.69) is 0 Å². The highest BCUT2D eigenvalue weighted by atomic mass is 16.7. The molecule has 0 fully saturated rings. The van der Waals surface area contributed by atoms with E-state index in [1.807, 2.05) is 0 Å². The molecule has 0 aliphatic heterocycles. The molecular weight excluding hydrogens is 172 g/mol. The monoisotopic (exact) mass is 190 g/mol. The molecule has 0 aromatic rings. The number of carbonyl (C=O) groups is 1. The Morgan fingerprint density at radius 1 is 1.31 bits per heavy atom. The summed E-state index contributed by atoms with van der Waals surface area (Å²) in [5.74, 6) is -0.466. The summed E-state index contributed by atoms with van der Waals surface area (Å²) < 4.78 is 9.93. The largest absolute Gasteiger partial charge is 0.368 e. The number of rotatable bonds is 7. The Morgan fingerprint density at radius 3 is 2.23 bits per heavy atom. The number of primary amides is 1. The summed E-state index contributed by atoms with van der Waals surface area (Å²) in [6.07, 6.45) is 1.82. The van der Waals surface area contributed by atoms with Gasteiger partial charge in [0, 0.05) is 14.2 Å². The van der Waals surface area contributed by atoms with E-state index >= 15 is 0 Å². The summed E-state index contributed by atoms with van der Waals surface area (Å²) in [5, 5.41) is 0. The van der Waals surface area contributed by atoms with E-state index < -0.39 is 11.9 Å². The summed E-state index contributed by atoms with van der Waals surface area (Å²) in [6, 6.07) is -0.561. The van der Waals surface area contributed by atoms with Crippen LogP contribution in [0.15, 0.2) is 0 Å². The van der Waals surface area contributed by atoms with E-state index in [0.29, 0.717) is 12.8 Å². The molecule has 0 unspecified atom stereocenters. The standard InChI is InChI=1S/C8H18N2O3/c1-12-7(13-2)5-3-4-6(9)8(10)11/h6-7H,3-5,9H2,1-2H3,(H2,10,11)/t6-/m0/s1. The Morgan fingerprint density at radius 2 is 1.85 bits per heavy atom. The van der Waals surface area contributed by atoms with Crippen LogP contribution in [0.3, 0.4) is 0 Å². The van der Waals surface area contributed by atoms with Crippen LogP contribution in [0.2, 0.25) is 0 Å². The fourth-order valence-electron chi connectivity index (χ4n) is 0.979. The highest BCUT2D eigenvalue weighted by Crippen LogP contribution is 2.05. The van der Waals surface area contributed by atoms with Gasteiger partial charge in [-0.15, -0.1) is 0 Å². The smallest absolute Gasteiger partial charge is 0.234 e.